The molecule has 6 rings (SSSR count). The first-order valence-electron chi connectivity index (χ1n) is 14.0. The van der Waals surface area contributed by atoms with E-state index in [2.05, 4.69) is 65.8 Å². The highest BCUT2D eigenvalue weighted by Gasteiger charge is 2.27. The number of fused-ring (bicyclic) bond motifs is 1. The zero-order valence-corrected chi connectivity index (χ0v) is 24.3. The lowest BCUT2D eigenvalue weighted by molar-refractivity contribution is 0.104. The monoisotopic (exact) mass is 589 g/mol. The third-order valence-electron chi connectivity index (χ3n) is 7.68. The van der Waals surface area contributed by atoms with Crippen LogP contribution >= 0.6 is 0 Å². The summed E-state index contributed by atoms with van der Waals surface area (Å²) in [5.41, 5.74) is 18.0. The van der Waals surface area contributed by atoms with E-state index >= 15 is 0 Å². The molecule has 3 aromatic carbocycles. The second-order valence-corrected chi connectivity index (χ2v) is 10.3. The number of hydrogen-bond acceptors (Lipinski definition) is 11. The first kappa shape index (κ1) is 28.3. The Kier molecular flexibility index (Phi) is 7.87. The average molecular weight is 590 g/mol. The summed E-state index contributed by atoms with van der Waals surface area (Å²) in [6.45, 7) is 0.731. The van der Waals surface area contributed by atoms with Crippen molar-refractivity contribution >= 4 is 17.5 Å². The topological polar surface area (TPSA) is 171 Å². The lowest BCUT2D eigenvalue weighted by Crippen LogP contribution is -2.32. The van der Waals surface area contributed by atoms with Crippen LogP contribution in [0.5, 0.6) is 11.5 Å². The number of methoxy groups -OCH3 is 2. The molecule has 3 heterocycles. The summed E-state index contributed by atoms with van der Waals surface area (Å²) < 4.78 is 11.2. The quantitative estimate of drug-likeness (QED) is 0.169. The van der Waals surface area contributed by atoms with Gasteiger partial charge in [-0.2, -0.15) is 10.2 Å². The average Bonchev–Trinajstić information content (AvgIpc) is 3.59. The van der Waals surface area contributed by atoms with Gasteiger partial charge < -0.3 is 25.8 Å². The highest BCUT2D eigenvalue weighted by molar-refractivity contribution is 6.07. The van der Waals surface area contributed by atoms with E-state index in [1.54, 1.807) is 18.3 Å². The van der Waals surface area contributed by atoms with Crippen molar-refractivity contribution in [2.45, 2.75) is 18.9 Å². The van der Waals surface area contributed by atoms with Gasteiger partial charge in [-0.25, -0.2) is 4.98 Å². The largest absolute Gasteiger partial charge is 0.493 e. The van der Waals surface area contributed by atoms with Crippen molar-refractivity contribution in [2.24, 2.45) is 0 Å². The van der Waals surface area contributed by atoms with E-state index in [1.165, 1.54) is 25.3 Å². The minimum atomic E-state index is -0.228. The second kappa shape index (κ2) is 12.2. The van der Waals surface area contributed by atoms with Gasteiger partial charge in [-0.1, -0.05) is 48.5 Å². The van der Waals surface area contributed by atoms with Gasteiger partial charge in [0.1, 0.15) is 5.82 Å². The maximum Gasteiger partial charge on any atom is 0.221 e. The van der Waals surface area contributed by atoms with E-state index in [-0.39, 0.29) is 23.6 Å². The van der Waals surface area contributed by atoms with Crippen LogP contribution in [0.15, 0.2) is 79.1 Å². The Morgan fingerprint density at radius 1 is 1.09 bits per heavy atom. The molecule has 1 aliphatic heterocycles. The van der Waals surface area contributed by atoms with Crippen LogP contribution in [0.3, 0.4) is 0 Å². The van der Waals surface area contributed by atoms with E-state index in [0.29, 0.717) is 34.9 Å². The Morgan fingerprint density at radius 3 is 2.64 bits per heavy atom. The number of allylic oxidation sites excluding steroid dienone is 1. The van der Waals surface area contributed by atoms with E-state index in [0.717, 1.165) is 29.7 Å². The summed E-state index contributed by atoms with van der Waals surface area (Å²) in [6.07, 6.45) is 6.25. The third kappa shape index (κ3) is 5.64. The lowest BCUT2D eigenvalue weighted by Gasteiger charge is -2.37. The number of nitrogens with two attached hydrogens (primary N) is 2. The molecule has 1 unspecified atom stereocenters. The van der Waals surface area contributed by atoms with Crippen LogP contribution in [0, 0.1) is 0 Å². The Balaban J connectivity index is 1.32. The van der Waals surface area contributed by atoms with E-state index in [4.69, 9.17) is 20.9 Å². The number of carbonyl (C=O) groups is 1. The fraction of sp³-hybridized carbons (Fsp3) is 0.188. The smallest absolute Gasteiger partial charge is 0.221 e. The Bertz CT molecular complexity index is 1820. The first-order chi connectivity index (χ1) is 21.4. The number of nitrogens with zero attached hydrogens (tertiary/aromatic N) is 6. The summed E-state index contributed by atoms with van der Waals surface area (Å²) in [5, 5.41) is 14.3. The number of aromatic amines is 1. The molecule has 5 aromatic rings. The normalized spacial score (nSPS) is 14.4. The summed E-state index contributed by atoms with van der Waals surface area (Å²) >= 11 is 0. The number of rotatable bonds is 9. The highest BCUT2D eigenvalue weighted by Crippen LogP contribution is 2.37. The second-order valence-electron chi connectivity index (χ2n) is 10.3. The number of ketones is 1. The molecule has 0 fully saturated rings. The molecule has 0 saturated carbocycles. The molecule has 12 heteroatoms. The Hall–Kier alpha value is -5.78. The van der Waals surface area contributed by atoms with Crippen LogP contribution in [-0.4, -0.2) is 62.0 Å². The molecule has 0 amide bonds. The van der Waals surface area contributed by atoms with Crippen molar-refractivity contribution in [3.8, 4) is 22.9 Å². The fourth-order valence-corrected chi connectivity index (χ4v) is 5.57. The van der Waals surface area contributed by atoms with Gasteiger partial charge >= 0.3 is 0 Å². The van der Waals surface area contributed by atoms with Crippen molar-refractivity contribution in [2.75, 3.05) is 32.2 Å². The predicted octanol–water partition coefficient (Wildman–Crippen LogP) is 3.77. The molecule has 0 radical (unpaired) electrons. The first-order valence-corrected chi connectivity index (χ1v) is 14.0. The third-order valence-corrected chi connectivity index (χ3v) is 7.68. The number of anilines is 2. The van der Waals surface area contributed by atoms with Crippen LogP contribution in [0.25, 0.3) is 11.4 Å². The maximum absolute atomic E-state index is 13.8. The zero-order chi connectivity index (χ0) is 30.6. The van der Waals surface area contributed by atoms with Crippen molar-refractivity contribution in [3.05, 3.63) is 113 Å². The van der Waals surface area contributed by atoms with Gasteiger partial charge in [0.05, 0.1) is 25.8 Å². The van der Waals surface area contributed by atoms with Crippen molar-refractivity contribution < 1.29 is 14.3 Å². The van der Waals surface area contributed by atoms with Crippen LogP contribution in [0.4, 0.5) is 11.8 Å². The summed E-state index contributed by atoms with van der Waals surface area (Å²) in [5.74, 6) is 1.46. The van der Waals surface area contributed by atoms with Crippen molar-refractivity contribution in [3.63, 3.8) is 0 Å². The van der Waals surface area contributed by atoms with E-state index in [9.17, 15) is 4.79 Å². The van der Waals surface area contributed by atoms with E-state index < -0.39 is 0 Å². The number of nitrogens with one attached hydrogen (secondary N) is 1. The van der Waals surface area contributed by atoms with Crippen molar-refractivity contribution in [1.29, 1.82) is 0 Å². The molecule has 12 nitrogen and oxygen atoms in total. The maximum atomic E-state index is 13.8. The number of carbonyl (C=O) groups excluding carboxylic acids is 1. The molecule has 1 atom stereocenters. The van der Waals surface area contributed by atoms with Gasteiger partial charge in [-0.15, -0.1) is 10.2 Å². The lowest BCUT2D eigenvalue weighted by atomic mass is 9.88. The zero-order valence-electron chi connectivity index (χ0n) is 24.3. The minimum absolute atomic E-state index is 0.0976. The number of benzene rings is 3. The Morgan fingerprint density at radius 2 is 1.91 bits per heavy atom. The molecular formula is C32H31N9O3. The molecule has 2 aromatic heterocycles. The highest BCUT2D eigenvalue weighted by atomic mass is 16.5. The Labute approximate surface area is 253 Å². The molecule has 222 valence electrons. The number of aromatic nitrogens is 6. The van der Waals surface area contributed by atoms with Gasteiger partial charge in [-0.3, -0.25) is 4.79 Å². The van der Waals surface area contributed by atoms with Gasteiger partial charge in [0, 0.05) is 42.6 Å². The molecule has 0 aliphatic carbocycles. The van der Waals surface area contributed by atoms with Gasteiger partial charge in [-0.05, 0) is 46.0 Å². The van der Waals surface area contributed by atoms with Gasteiger partial charge in [0.2, 0.25) is 11.8 Å². The molecule has 1 aliphatic rings. The number of H-pyrrole nitrogens is 1. The summed E-state index contributed by atoms with van der Waals surface area (Å²) in [7, 11) is 3.05. The number of hydrogen-bond donors (Lipinski definition) is 3. The van der Waals surface area contributed by atoms with Crippen LogP contribution in [0.1, 0.15) is 44.2 Å². The van der Waals surface area contributed by atoms with E-state index in [1.807, 2.05) is 30.5 Å². The number of ether oxygens (including phenoxy) is 2. The predicted molar refractivity (Wildman–Crippen MR) is 165 cm³/mol. The number of tetrazole rings is 1. The molecule has 0 saturated heterocycles. The summed E-state index contributed by atoms with van der Waals surface area (Å²) in [6, 6.07) is 20.0. The molecule has 0 bridgehead atoms. The standard InChI is InChI=1S/C32H31N9O3/c1-43-27-17-19(15-23-18-35-32(34)36-30(23)33)16-25(29(27)44-2)26(42)12-14-41-13-11-20-5-3-4-6-24(20)28(41)21-7-9-22(10-8-21)31-37-39-40-38-31/h3-10,12,14,16-18,28H,11,13,15H2,1-2H3,(H4,33,34,35,36)(H,37,38,39,40). The van der Waals surface area contributed by atoms with Gasteiger partial charge in [0.15, 0.2) is 17.3 Å². The summed E-state index contributed by atoms with van der Waals surface area (Å²) in [4.78, 5) is 24.1. The number of nitrogen functional groups attached to an aromatic ring is 2. The molecular weight excluding hydrogens is 558 g/mol. The molecule has 5 N–H and O–H groups in total. The van der Waals surface area contributed by atoms with Crippen LogP contribution in [-0.2, 0) is 12.8 Å². The SMILES string of the molecule is COc1cc(Cc2cnc(N)nc2N)cc(C(=O)C=CN2CCc3ccccc3C2c2ccc(-c3nn[nH]n3)cc2)c1OC. The molecule has 0 spiro atoms. The van der Waals surface area contributed by atoms with Crippen LogP contribution in [0.2, 0.25) is 0 Å². The minimum Gasteiger partial charge on any atom is -0.493 e. The van der Waals surface area contributed by atoms with Crippen LogP contribution < -0.4 is 20.9 Å². The molecule has 44 heavy (non-hydrogen) atoms. The van der Waals surface area contributed by atoms with Gasteiger partial charge in [0.25, 0.3) is 0 Å². The fourth-order valence-electron chi connectivity index (χ4n) is 5.57. The van der Waals surface area contributed by atoms with Crippen molar-refractivity contribution in [1.82, 2.24) is 35.5 Å².